The van der Waals surface area contributed by atoms with Gasteiger partial charge in [-0.05, 0) is 49.4 Å². The maximum atomic E-state index is 12.2. The molecule has 3 aromatic rings. The van der Waals surface area contributed by atoms with E-state index in [0.717, 1.165) is 60.4 Å². The molecular weight excluding hydrogens is 402 g/mol. The van der Waals surface area contributed by atoms with Gasteiger partial charge in [-0.3, -0.25) is 4.79 Å². The highest BCUT2D eigenvalue weighted by Crippen LogP contribution is 2.20. The first-order valence-electron chi connectivity index (χ1n) is 11.4. The second-order valence-corrected chi connectivity index (χ2v) is 8.01. The second-order valence-electron chi connectivity index (χ2n) is 8.01. The number of aryl methyl sites for hydroxylation is 1. The standard InChI is InChI=1S/C26H31N3O3/c1-2-9-20-10-3-6-13-23(20)31-19-8-17-29-22-12-5-4-11-21(22)28-25(29)15-16-27-26(30)24-14-7-18-32-24/h2-6,10-13,24H,1,7-9,14-19H2,(H,27,30). The molecule has 1 aliphatic heterocycles. The topological polar surface area (TPSA) is 65.4 Å². The lowest BCUT2D eigenvalue weighted by Gasteiger charge is -2.13. The fraction of sp³-hybridized carbons (Fsp3) is 0.385. The van der Waals surface area contributed by atoms with Crippen molar-refractivity contribution in [2.45, 2.75) is 44.8 Å². The van der Waals surface area contributed by atoms with Gasteiger partial charge in [0.1, 0.15) is 17.7 Å². The van der Waals surface area contributed by atoms with Crippen LogP contribution in [0.5, 0.6) is 5.75 Å². The lowest BCUT2D eigenvalue weighted by molar-refractivity contribution is -0.130. The summed E-state index contributed by atoms with van der Waals surface area (Å²) in [4.78, 5) is 17.0. The highest BCUT2D eigenvalue weighted by Gasteiger charge is 2.23. The Morgan fingerprint density at radius 1 is 1.25 bits per heavy atom. The highest BCUT2D eigenvalue weighted by molar-refractivity contribution is 5.81. The normalized spacial score (nSPS) is 15.7. The third-order valence-corrected chi connectivity index (χ3v) is 5.72. The molecule has 0 radical (unpaired) electrons. The summed E-state index contributed by atoms with van der Waals surface area (Å²) in [7, 11) is 0. The van der Waals surface area contributed by atoms with E-state index < -0.39 is 0 Å². The number of nitrogens with one attached hydrogen (secondary N) is 1. The number of ether oxygens (including phenoxy) is 2. The number of allylic oxidation sites excluding steroid dienone is 1. The molecule has 6 heteroatoms. The second kappa shape index (κ2) is 11.0. The van der Waals surface area contributed by atoms with Crippen LogP contribution in [0.4, 0.5) is 0 Å². The van der Waals surface area contributed by atoms with Crippen molar-refractivity contribution in [3.8, 4) is 5.75 Å². The number of nitrogens with zero attached hydrogens (tertiary/aromatic N) is 2. The van der Waals surface area contributed by atoms with Crippen LogP contribution >= 0.6 is 0 Å². The van der Waals surface area contributed by atoms with Gasteiger partial charge in [0.2, 0.25) is 5.91 Å². The van der Waals surface area contributed by atoms with Gasteiger partial charge in [-0.1, -0.05) is 36.4 Å². The molecule has 32 heavy (non-hydrogen) atoms. The zero-order chi connectivity index (χ0) is 22.2. The maximum absolute atomic E-state index is 12.2. The van der Waals surface area contributed by atoms with Gasteiger partial charge in [0.25, 0.3) is 0 Å². The average molecular weight is 434 g/mol. The van der Waals surface area contributed by atoms with E-state index in [-0.39, 0.29) is 12.0 Å². The first kappa shape index (κ1) is 22.1. The Morgan fingerprint density at radius 2 is 2.09 bits per heavy atom. The molecule has 0 saturated carbocycles. The van der Waals surface area contributed by atoms with Crippen molar-refractivity contribution in [3.05, 3.63) is 72.6 Å². The summed E-state index contributed by atoms with van der Waals surface area (Å²) < 4.78 is 13.8. The van der Waals surface area contributed by atoms with Gasteiger partial charge in [0.05, 0.1) is 17.6 Å². The first-order valence-corrected chi connectivity index (χ1v) is 11.4. The molecule has 6 nitrogen and oxygen atoms in total. The Morgan fingerprint density at radius 3 is 2.94 bits per heavy atom. The van der Waals surface area contributed by atoms with Crippen LogP contribution in [0.3, 0.4) is 0 Å². The molecule has 1 amide bonds. The molecule has 1 N–H and O–H groups in total. The molecule has 2 heterocycles. The number of imidazole rings is 1. The van der Waals surface area contributed by atoms with Crippen molar-refractivity contribution in [3.63, 3.8) is 0 Å². The van der Waals surface area contributed by atoms with E-state index >= 15 is 0 Å². The van der Waals surface area contributed by atoms with Gasteiger partial charge in [-0.25, -0.2) is 4.98 Å². The smallest absolute Gasteiger partial charge is 0.249 e. The number of benzene rings is 2. The number of rotatable bonds is 11. The minimum atomic E-state index is -0.296. The summed E-state index contributed by atoms with van der Waals surface area (Å²) >= 11 is 0. The molecule has 1 unspecified atom stereocenters. The van der Waals surface area contributed by atoms with E-state index in [9.17, 15) is 4.79 Å². The molecule has 4 rings (SSSR count). The van der Waals surface area contributed by atoms with Gasteiger partial charge in [0.15, 0.2) is 0 Å². The molecule has 0 aliphatic carbocycles. The van der Waals surface area contributed by atoms with Crippen molar-refractivity contribution in [2.75, 3.05) is 19.8 Å². The maximum Gasteiger partial charge on any atom is 0.249 e. The Balaban J connectivity index is 1.36. The molecule has 1 fully saturated rings. The molecule has 0 spiro atoms. The van der Waals surface area contributed by atoms with Gasteiger partial charge in [-0.15, -0.1) is 6.58 Å². The lowest BCUT2D eigenvalue weighted by atomic mass is 10.1. The quantitative estimate of drug-likeness (QED) is 0.366. The minimum Gasteiger partial charge on any atom is -0.493 e. The largest absolute Gasteiger partial charge is 0.493 e. The monoisotopic (exact) mass is 433 g/mol. The summed E-state index contributed by atoms with van der Waals surface area (Å²) in [6.07, 6.45) is 5.69. The van der Waals surface area contributed by atoms with Crippen molar-refractivity contribution in [2.24, 2.45) is 0 Å². The SMILES string of the molecule is C=CCc1ccccc1OCCCn1c(CCNC(=O)C2CCCO2)nc2ccccc21. The molecular formula is C26H31N3O3. The highest BCUT2D eigenvalue weighted by atomic mass is 16.5. The zero-order valence-corrected chi connectivity index (χ0v) is 18.5. The summed E-state index contributed by atoms with van der Waals surface area (Å²) in [5.41, 5.74) is 3.24. The number of carbonyl (C=O) groups is 1. The van der Waals surface area contributed by atoms with E-state index in [2.05, 4.69) is 28.6 Å². The first-order chi connectivity index (χ1) is 15.8. The van der Waals surface area contributed by atoms with Crippen LogP contribution < -0.4 is 10.1 Å². The number of amides is 1. The van der Waals surface area contributed by atoms with Crippen LogP contribution in [0.15, 0.2) is 61.2 Å². The van der Waals surface area contributed by atoms with E-state index in [1.165, 1.54) is 0 Å². The van der Waals surface area contributed by atoms with Crippen LogP contribution in [0.2, 0.25) is 0 Å². The Kier molecular flexibility index (Phi) is 7.56. The van der Waals surface area contributed by atoms with Crippen molar-refractivity contribution in [1.82, 2.24) is 14.9 Å². The summed E-state index contributed by atoms with van der Waals surface area (Å²) in [6, 6.07) is 16.3. The minimum absolute atomic E-state index is 0.0169. The molecule has 1 aromatic heterocycles. The third kappa shape index (κ3) is 5.37. The van der Waals surface area contributed by atoms with E-state index in [1.54, 1.807) is 0 Å². The lowest BCUT2D eigenvalue weighted by Crippen LogP contribution is -2.35. The van der Waals surface area contributed by atoms with Crippen LogP contribution in [-0.2, 0) is 28.9 Å². The molecule has 1 aliphatic rings. The van der Waals surface area contributed by atoms with E-state index in [1.807, 2.05) is 42.5 Å². The van der Waals surface area contributed by atoms with Crippen molar-refractivity contribution in [1.29, 1.82) is 0 Å². The number of aromatic nitrogens is 2. The Bertz CT molecular complexity index is 1050. The number of hydrogen-bond donors (Lipinski definition) is 1. The Hall–Kier alpha value is -3.12. The fourth-order valence-electron chi connectivity index (χ4n) is 4.14. The van der Waals surface area contributed by atoms with E-state index in [0.29, 0.717) is 26.2 Å². The number of hydrogen-bond acceptors (Lipinski definition) is 4. The number of fused-ring (bicyclic) bond motifs is 1. The van der Waals surface area contributed by atoms with Crippen molar-refractivity contribution < 1.29 is 14.3 Å². The molecule has 1 saturated heterocycles. The van der Waals surface area contributed by atoms with Crippen molar-refractivity contribution >= 4 is 16.9 Å². The summed E-state index contributed by atoms with van der Waals surface area (Å²) in [6.45, 7) is 6.47. The average Bonchev–Trinajstić information content (AvgIpc) is 3.46. The molecule has 2 aromatic carbocycles. The summed E-state index contributed by atoms with van der Waals surface area (Å²) in [5, 5.41) is 3.00. The molecule has 168 valence electrons. The van der Waals surface area contributed by atoms with Crippen LogP contribution in [0.1, 0.15) is 30.7 Å². The van der Waals surface area contributed by atoms with Gasteiger partial charge in [0, 0.05) is 26.1 Å². The number of para-hydroxylation sites is 3. The number of carbonyl (C=O) groups excluding carboxylic acids is 1. The third-order valence-electron chi connectivity index (χ3n) is 5.72. The van der Waals surface area contributed by atoms with Crippen LogP contribution in [-0.4, -0.2) is 41.3 Å². The molecule has 0 bridgehead atoms. The predicted octanol–water partition coefficient (Wildman–Crippen LogP) is 4.07. The fourth-order valence-corrected chi connectivity index (χ4v) is 4.14. The van der Waals surface area contributed by atoms with Gasteiger partial charge >= 0.3 is 0 Å². The zero-order valence-electron chi connectivity index (χ0n) is 18.5. The molecule has 1 atom stereocenters. The summed E-state index contributed by atoms with van der Waals surface area (Å²) in [5.74, 6) is 1.88. The van der Waals surface area contributed by atoms with Gasteiger partial charge < -0.3 is 19.4 Å². The predicted molar refractivity (Wildman–Crippen MR) is 126 cm³/mol. The van der Waals surface area contributed by atoms with Crippen LogP contribution in [0, 0.1) is 0 Å². The van der Waals surface area contributed by atoms with E-state index in [4.69, 9.17) is 14.5 Å². The Labute approximate surface area is 189 Å². The van der Waals surface area contributed by atoms with Crippen LogP contribution in [0.25, 0.3) is 11.0 Å². The van der Waals surface area contributed by atoms with Gasteiger partial charge in [-0.2, -0.15) is 0 Å².